The number of likely N-dealkylation sites (tertiary alicyclic amines) is 1. The molecule has 1 aliphatic rings. The molecular formula is C13H19BrN2. The van der Waals surface area contributed by atoms with Crippen LogP contribution in [0.2, 0.25) is 0 Å². The molecule has 1 aromatic carbocycles. The molecule has 0 spiro atoms. The highest BCUT2D eigenvalue weighted by Crippen LogP contribution is 2.24. The van der Waals surface area contributed by atoms with Crippen molar-refractivity contribution in [3.63, 3.8) is 0 Å². The van der Waals surface area contributed by atoms with Gasteiger partial charge in [-0.3, -0.25) is 4.90 Å². The quantitative estimate of drug-likeness (QED) is 0.844. The normalized spacial score (nSPS) is 22.2. The van der Waals surface area contributed by atoms with Gasteiger partial charge in [0.15, 0.2) is 0 Å². The molecule has 0 aromatic heterocycles. The molecule has 0 amide bonds. The Morgan fingerprint density at radius 1 is 1.50 bits per heavy atom. The molecule has 0 aliphatic carbocycles. The van der Waals surface area contributed by atoms with Crippen molar-refractivity contribution in [1.82, 2.24) is 4.90 Å². The number of benzene rings is 1. The van der Waals surface area contributed by atoms with E-state index in [0.717, 1.165) is 22.6 Å². The highest BCUT2D eigenvalue weighted by molar-refractivity contribution is 9.10. The van der Waals surface area contributed by atoms with Crippen molar-refractivity contribution in [2.45, 2.75) is 26.3 Å². The van der Waals surface area contributed by atoms with Crippen LogP contribution in [0.3, 0.4) is 0 Å². The van der Waals surface area contributed by atoms with Gasteiger partial charge in [0.05, 0.1) is 0 Å². The van der Waals surface area contributed by atoms with Gasteiger partial charge in [-0.2, -0.15) is 0 Å². The fraction of sp³-hybridized carbons (Fsp3) is 0.538. The van der Waals surface area contributed by atoms with Crippen LogP contribution in [0.1, 0.15) is 25.3 Å². The minimum absolute atomic E-state index is 0.822. The summed E-state index contributed by atoms with van der Waals surface area (Å²) in [6.45, 7) is 5.81. The average molecular weight is 283 g/mol. The van der Waals surface area contributed by atoms with E-state index in [9.17, 15) is 0 Å². The summed E-state index contributed by atoms with van der Waals surface area (Å²) >= 11 is 3.58. The lowest BCUT2D eigenvalue weighted by molar-refractivity contribution is 0.176. The molecular weight excluding hydrogens is 264 g/mol. The monoisotopic (exact) mass is 282 g/mol. The Bertz CT molecular complexity index is 365. The van der Waals surface area contributed by atoms with Crippen LogP contribution >= 0.6 is 15.9 Å². The molecule has 1 atom stereocenters. The molecule has 1 heterocycles. The zero-order valence-electron chi connectivity index (χ0n) is 9.75. The van der Waals surface area contributed by atoms with E-state index in [1.54, 1.807) is 0 Å². The van der Waals surface area contributed by atoms with Gasteiger partial charge < -0.3 is 5.73 Å². The van der Waals surface area contributed by atoms with E-state index in [0.29, 0.717) is 0 Å². The van der Waals surface area contributed by atoms with Gasteiger partial charge in [-0.05, 0) is 43.0 Å². The molecule has 0 unspecified atom stereocenters. The number of piperidine rings is 1. The number of anilines is 1. The standard InChI is InChI=1S/C13H19BrN2/c1-10-3-2-6-16(8-10)9-11-4-5-12(15)7-13(11)14/h4-5,7,10H,2-3,6,8-9,15H2,1H3/t10-/m1/s1. The third-order valence-electron chi connectivity index (χ3n) is 3.21. The van der Waals surface area contributed by atoms with Gasteiger partial charge in [0.25, 0.3) is 0 Å². The molecule has 2 N–H and O–H groups in total. The Balaban J connectivity index is 2.02. The maximum atomic E-state index is 5.74. The zero-order chi connectivity index (χ0) is 11.5. The molecule has 1 aliphatic heterocycles. The van der Waals surface area contributed by atoms with Gasteiger partial charge in [0, 0.05) is 23.2 Å². The summed E-state index contributed by atoms with van der Waals surface area (Å²) in [5, 5.41) is 0. The number of nitrogen functional groups attached to an aromatic ring is 1. The highest BCUT2D eigenvalue weighted by atomic mass is 79.9. The van der Waals surface area contributed by atoms with Crippen molar-refractivity contribution < 1.29 is 0 Å². The number of nitrogens with two attached hydrogens (primary N) is 1. The molecule has 16 heavy (non-hydrogen) atoms. The van der Waals surface area contributed by atoms with E-state index in [4.69, 9.17) is 5.73 Å². The van der Waals surface area contributed by atoms with Crippen LogP contribution in [0.5, 0.6) is 0 Å². The maximum Gasteiger partial charge on any atom is 0.0325 e. The van der Waals surface area contributed by atoms with Crippen LogP contribution < -0.4 is 5.73 Å². The van der Waals surface area contributed by atoms with Crippen LogP contribution in [0.15, 0.2) is 22.7 Å². The summed E-state index contributed by atoms with van der Waals surface area (Å²) in [5.74, 6) is 0.835. The van der Waals surface area contributed by atoms with E-state index in [-0.39, 0.29) is 0 Å². The Kier molecular flexibility index (Phi) is 3.87. The van der Waals surface area contributed by atoms with Gasteiger partial charge in [0.2, 0.25) is 0 Å². The van der Waals surface area contributed by atoms with Crippen LogP contribution in [-0.2, 0) is 6.54 Å². The van der Waals surface area contributed by atoms with Crippen LogP contribution in [-0.4, -0.2) is 18.0 Å². The van der Waals surface area contributed by atoms with Crippen LogP contribution in [0, 0.1) is 5.92 Å². The van der Waals surface area contributed by atoms with E-state index in [1.807, 2.05) is 12.1 Å². The smallest absolute Gasteiger partial charge is 0.0325 e. The third-order valence-corrected chi connectivity index (χ3v) is 3.95. The van der Waals surface area contributed by atoms with E-state index >= 15 is 0 Å². The molecule has 1 saturated heterocycles. The van der Waals surface area contributed by atoms with Gasteiger partial charge >= 0.3 is 0 Å². The largest absolute Gasteiger partial charge is 0.399 e. The van der Waals surface area contributed by atoms with Crippen LogP contribution in [0.4, 0.5) is 5.69 Å². The molecule has 2 nitrogen and oxygen atoms in total. The van der Waals surface area contributed by atoms with Crippen molar-refractivity contribution in [2.24, 2.45) is 5.92 Å². The Morgan fingerprint density at radius 2 is 2.31 bits per heavy atom. The van der Waals surface area contributed by atoms with Crippen molar-refractivity contribution in [3.05, 3.63) is 28.2 Å². The molecule has 1 fully saturated rings. The lowest BCUT2D eigenvalue weighted by Gasteiger charge is -2.31. The first-order valence-electron chi connectivity index (χ1n) is 5.91. The first kappa shape index (κ1) is 11.9. The van der Waals surface area contributed by atoms with Crippen molar-refractivity contribution in [2.75, 3.05) is 18.8 Å². The number of nitrogens with zero attached hydrogens (tertiary/aromatic N) is 1. The van der Waals surface area contributed by atoms with Gasteiger partial charge in [-0.25, -0.2) is 0 Å². The van der Waals surface area contributed by atoms with Crippen molar-refractivity contribution in [1.29, 1.82) is 0 Å². The van der Waals surface area contributed by atoms with E-state index < -0.39 is 0 Å². The average Bonchev–Trinajstić information content (AvgIpc) is 2.22. The second-order valence-electron chi connectivity index (χ2n) is 4.83. The lowest BCUT2D eigenvalue weighted by atomic mass is 10.00. The van der Waals surface area contributed by atoms with E-state index in [1.165, 1.54) is 31.5 Å². The summed E-state index contributed by atoms with van der Waals surface area (Å²) in [6, 6.07) is 6.09. The molecule has 88 valence electrons. The first-order valence-corrected chi connectivity index (χ1v) is 6.70. The SMILES string of the molecule is C[C@@H]1CCCN(Cc2ccc(N)cc2Br)C1. The summed E-state index contributed by atoms with van der Waals surface area (Å²) in [7, 11) is 0. The van der Waals surface area contributed by atoms with Crippen molar-refractivity contribution in [3.8, 4) is 0 Å². The molecule has 3 heteroatoms. The van der Waals surface area contributed by atoms with Gasteiger partial charge in [0.1, 0.15) is 0 Å². The molecule has 2 rings (SSSR count). The minimum atomic E-state index is 0.822. The summed E-state index contributed by atoms with van der Waals surface area (Å²) in [5.41, 5.74) is 7.90. The summed E-state index contributed by atoms with van der Waals surface area (Å²) in [6.07, 6.45) is 2.70. The third kappa shape index (κ3) is 2.98. The summed E-state index contributed by atoms with van der Waals surface area (Å²) < 4.78 is 1.13. The first-order chi connectivity index (χ1) is 7.65. The molecule has 1 aromatic rings. The molecule has 0 radical (unpaired) electrons. The fourth-order valence-corrected chi connectivity index (χ4v) is 2.88. The van der Waals surface area contributed by atoms with E-state index in [2.05, 4.69) is 33.8 Å². The number of hydrogen-bond donors (Lipinski definition) is 1. The Labute approximate surface area is 106 Å². The fourth-order valence-electron chi connectivity index (χ4n) is 2.36. The van der Waals surface area contributed by atoms with Gasteiger partial charge in [-0.1, -0.05) is 28.9 Å². The maximum absolute atomic E-state index is 5.74. The Hall–Kier alpha value is -0.540. The van der Waals surface area contributed by atoms with Crippen LogP contribution in [0.25, 0.3) is 0 Å². The van der Waals surface area contributed by atoms with Gasteiger partial charge in [-0.15, -0.1) is 0 Å². The molecule has 0 saturated carbocycles. The highest BCUT2D eigenvalue weighted by Gasteiger charge is 2.16. The van der Waals surface area contributed by atoms with Crippen molar-refractivity contribution >= 4 is 21.6 Å². The number of halogens is 1. The lowest BCUT2D eigenvalue weighted by Crippen LogP contribution is -2.33. The minimum Gasteiger partial charge on any atom is -0.399 e. The topological polar surface area (TPSA) is 29.3 Å². The predicted molar refractivity (Wildman–Crippen MR) is 72.2 cm³/mol. The second kappa shape index (κ2) is 5.19. The Morgan fingerprint density at radius 3 is 3.00 bits per heavy atom. The second-order valence-corrected chi connectivity index (χ2v) is 5.69. The molecule has 0 bridgehead atoms. The zero-order valence-corrected chi connectivity index (χ0v) is 11.3. The number of hydrogen-bond acceptors (Lipinski definition) is 2. The predicted octanol–water partition coefficient (Wildman–Crippen LogP) is 3.26. The summed E-state index contributed by atoms with van der Waals surface area (Å²) in [4.78, 5) is 2.53. The number of rotatable bonds is 2.